The van der Waals surface area contributed by atoms with Crippen molar-refractivity contribution in [3.8, 4) is 6.01 Å². The van der Waals surface area contributed by atoms with E-state index in [1.807, 2.05) is 0 Å². The SMILES string of the molecule is COc1nc(Cl)cc(NCCc2ccc(F)cc2F)n1. The van der Waals surface area contributed by atoms with Crippen LogP contribution in [0.15, 0.2) is 24.3 Å². The number of anilines is 1. The summed E-state index contributed by atoms with van der Waals surface area (Å²) in [5, 5.41) is 3.22. The second-order valence-electron chi connectivity index (χ2n) is 3.98. The average Bonchev–Trinajstić information content (AvgIpc) is 2.40. The predicted octanol–water partition coefficient (Wildman–Crippen LogP) is 3.07. The molecule has 4 nitrogen and oxygen atoms in total. The van der Waals surface area contributed by atoms with Gasteiger partial charge in [-0.2, -0.15) is 9.97 Å². The highest BCUT2D eigenvalue weighted by Crippen LogP contribution is 2.16. The predicted molar refractivity (Wildman–Crippen MR) is 72.1 cm³/mol. The van der Waals surface area contributed by atoms with E-state index in [9.17, 15) is 8.78 Å². The fraction of sp³-hybridized carbons (Fsp3) is 0.231. The molecule has 0 radical (unpaired) electrons. The van der Waals surface area contributed by atoms with Gasteiger partial charge < -0.3 is 10.1 Å². The fourth-order valence-corrected chi connectivity index (χ4v) is 1.80. The first-order valence-corrected chi connectivity index (χ1v) is 6.22. The smallest absolute Gasteiger partial charge is 0.319 e. The number of halogens is 3. The van der Waals surface area contributed by atoms with Gasteiger partial charge in [-0.15, -0.1) is 0 Å². The highest BCUT2D eigenvalue weighted by atomic mass is 35.5. The van der Waals surface area contributed by atoms with Crippen molar-refractivity contribution in [2.24, 2.45) is 0 Å². The van der Waals surface area contributed by atoms with Crippen molar-refractivity contribution in [3.63, 3.8) is 0 Å². The minimum Gasteiger partial charge on any atom is -0.467 e. The van der Waals surface area contributed by atoms with Gasteiger partial charge in [0.25, 0.3) is 0 Å². The lowest BCUT2D eigenvalue weighted by Crippen LogP contribution is -2.08. The molecule has 20 heavy (non-hydrogen) atoms. The lowest BCUT2D eigenvalue weighted by molar-refractivity contribution is 0.380. The standard InChI is InChI=1S/C13H12ClF2N3O/c1-20-13-18-11(14)7-12(19-13)17-5-4-8-2-3-9(15)6-10(8)16/h2-3,6-7H,4-5H2,1H3,(H,17,18,19). The summed E-state index contributed by atoms with van der Waals surface area (Å²) >= 11 is 5.79. The van der Waals surface area contributed by atoms with E-state index >= 15 is 0 Å². The van der Waals surface area contributed by atoms with Crippen molar-refractivity contribution in [2.45, 2.75) is 6.42 Å². The molecule has 106 valence electrons. The summed E-state index contributed by atoms with van der Waals surface area (Å²) in [7, 11) is 1.43. The quantitative estimate of drug-likeness (QED) is 0.862. The van der Waals surface area contributed by atoms with Crippen molar-refractivity contribution < 1.29 is 13.5 Å². The summed E-state index contributed by atoms with van der Waals surface area (Å²) in [6.45, 7) is 0.416. The Kier molecular flexibility index (Phi) is 4.68. The summed E-state index contributed by atoms with van der Waals surface area (Å²) in [4.78, 5) is 7.87. The van der Waals surface area contributed by atoms with Crippen molar-refractivity contribution in [1.82, 2.24) is 9.97 Å². The van der Waals surface area contributed by atoms with E-state index < -0.39 is 11.6 Å². The van der Waals surface area contributed by atoms with Gasteiger partial charge in [-0.05, 0) is 18.1 Å². The molecule has 0 fully saturated rings. The Balaban J connectivity index is 1.97. The van der Waals surface area contributed by atoms with Crippen molar-refractivity contribution >= 4 is 17.4 Å². The number of hydrogen-bond donors (Lipinski definition) is 1. The summed E-state index contributed by atoms with van der Waals surface area (Å²) in [6.07, 6.45) is 0.385. The van der Waals surface area contributed by atoms with Crippen LogP contribution < -0.4 is 10.1 Å². The molecular formula is C13H12ClF2N3O. The monoisotopic (exact) mass is 299 g/mol. The highest BCUT2D eigenvalue weighted by molar-refractivity contribution is 6.29. The van der Waals surface area contributed by atoms with Crippen LogP contribution in [0.5, 0.6) is 6.01 Å². The van der Waals surface area contributed by atoms with E-state index in [0.717, 1.165) is 6.07 Å². The van der Waals surface area contributed by atoms with Crippen LogP contribution in [-0.2, 0) is 6.42 Å². The number of aromatic nitrogens is 2. The Morgan fingerprint density at radius 1 is 1.25 bits per heavy atom. The van der Waals surface area contributed by atoms with Crippen LogP contribution in [-0.4, -0.2) is 23.6 Å². The van der Waals surface area contributed by atoms with Crippen LogP contribution in [0.4, 0.5) is 14.6 Å². The number of hydrogen-bond acceptors (Lipinski definition) is 4. The minimum atomic E-state index is -0.591. The molecule has 0 aliphatic heterocycles. The fourth-order valence-electron chi connectivity index (χ4n) is 1.63. The maximum absolute atomic E-state index is 13.4. The maximum Gasteiger partial charge on any atom is 0.319 e. The molecule has 2 aromatic rings. The molecular weight excluding hydrogens is 288 g/mol. The molecule has 1 heterocycles. The molecule has 0 amide bonds. The summed E-state index contributed by atoms with van der Waals surface area (Å²) in [6, 6.07) is 5.18. The molecule has 0 unspecified atom stereocenters. The molecule has 0 atom stereocenters. The Morgan fingerprint density at radius 2 is 2.05 bits per heavy atom. The third kappa shape index (κ3) is 3.77. The molecule has 1 aromatic carbocycles. The van der Waals surface area contributed by atoms with E-state index in [0.29, 0.717) is 24.3 Å². The highest BCUT2D eigenvalue weighted by Gasteiger charge is 2.05. The minimum absolute atomic E-state index is 0.146. The van der Waals surface area contributed by atoms with E-state index in [2.05, 4.69) is 15.3 Å². The van der Waals surface area contributed by atoms with Gasteiger partial charge in [0, 0.05) is 18.7 Å². The van der Waals surface area contributed by atoms with Gasteiger partial charge in [-0.1, -0.05) is 17.7 Å². The first-order chi connectivity index (χ1) is 9.58. The zero-order chi connectivity index (χ0) is 14.5. The first-order valence-electron chi connectivity index (χ1n) is 5.85. The molecule has 0 saturated heterocycles. The van der Waals surface area contributed by atoms with E-state index in [-0.39, 0.29) is 11.2 Å². The number of rotatable bonds is 5. The molecule has 0 saturated carbocycles. The second-order valence-corrected chi connectivity index (χ2v) is 4.36. The number of methoxy groups -OCH3 is 1. The average molecular weight is 300 g/mol. The summed E-state index contributed by atoms with van der Waals surface area (Å²) in [5.74, 6) is -0.680. The normalized spacial score (nSPS) is 10.4. The summed E-state index contributed by atoms with van der Waals surface area (Å²) < 4.78 is 31.1. The van der Waals surface area contributed by atoms with Crippen LogP contribution in [0.1, 0.15) is 5.56 Å². The lowest BCUT2D eigenvalue weighted by Gasteiger charge is -2.08. The van der Waals surface area contributed by atoms with Crippen molar-refractivity contribution in [3.05, 3.63) is 46.6 Å². The summed E-state index contributed by atoms with van der Waals surface area (Å²) in [5.41, 5.74) is 0.422. The van der Waals surface area contributed by atoms with Crippen molar-refractivity contribution in [1.29, 1.82) is 0 Å². The van der Waals surface area contributed by atoms with E-state index in [4.69, 9.17) is 16.3 Å². The Hall–Kier alpha value is -1.95. The van der Waals surface area contributed by atoms with Crippen LogP contribution in [0.3, 0.4) is 0 Å². The van der Waals surface area contributed by atoms with Gasteiger partial charge in [0.2, 0.25) is 0 Å². The van der Waals surface area contributed by atoms with Gasteiger partial charge in [-0.25, -0.2) is 8.78 Å². The number of ether oxygens (including phenoxy) is 1. The van der Waals surface area contributed by atoms with Gasteiger partial charge in [0.15, 0.2) is 0 Å². The second kappa shape index (κ2) is 6.47. The molecule has 0 aliphatic carbocycles. The van der Waals surface area contributed by atoms with Gasteiger partial charge in [0.1, 0.15) is 22.6 Å². The molecule has 1 N–H and O–H groups in total. The first kappa shape index (κ1) is 14.5. The number of nitrogens with zero attached hydrogens (tertiary/aromatic N) is 2. The van der Waals surface area contributed by atoms with Crippen LogP contribution in [0.2, 0.25) is 5.15 Å². The van der Waals surface area contributed by atoms with E-state index in [1.54, 1.807) is 0 Å². The Labute approximate surface area is 119 Å². The molecule has 7 heteroatoms. The topological polar surface area (TPSA) is 47.0 Å². The van der Waals surface area contributed by atoms with E-state index in [1.165, 1.54) is 25.3 Å². The molecule has 2 rings (SSSR count). The number of benzene rings is 1. The molecule has 0 aliphatic rings. The zero-order valence-corrected chi connectivity index (χ0v) is 11.4. The van der Waals surface area contributed by atoms with Gasteiger partial charge in [0.05, 0.1) is 7.11 Å². The van der Waals surface area contributed by atoms with Crippen LogP contribution in [0.25, 0.3) is 0 Å². The zero-order valence-electron chi connectivity index (χ0n) is 10.7. The van der Waals surface area contributed by atoms with Crippen LogP contribution >= 0.6 is 11.6 Å². The number of nitrogens with one attached hydrogen (secondary N) is 1. The van der Waals surface area contributed by atoms with Crippen molar-refractivity contribution in [2.75, 3.05) is 19.0 Å². The molecule has 1 aromatic heterocycles. The Morgan fingerprint density at radius 3 is 2.75 bits per heavy atom. The van der Waals surface area contributed by atoms with Gasteiger partial charge >= 0.3 is 6.01 Å². The lowest BCUT2D eigenvalue weighted by atomic mass is 10.1. The Bertz CT molecular complexity index is 610. The van der Waals surface area contributed by atoms with Gasteiger partial charge in [-0.3, -0.25) is 0 Å². The molecule has 0 spiro atoms. The molecule has 0 bridgehead atoms. The maximum atomic E-state index is 13.4. The largest absolute Gasteiger partial charge is 0.467 e. The van der Waals surface area contributed by atoms with Crippen LogP contribution in [0, 0.1) is 11.6 Å². The third-order valence-corrected chi connectivity index (χ3v) is 2.77. The third-order valence-electron chi connectivity index (χ3n) is 2.57.